The second-order valence-electron chi connectivity index (χ2n) is 7.70. The topological polar surface area (TPSA) is 78.9 Å². The van der Waals surface area contributed by atoms with Crippen molar-refractivity contribution in [1.82, 2.24) is 19.9 Å². The molecule has 2 aromatic heterocycles. The number of rotatable bonds is 6. The average Bonchev–Trinajstić information content (AvgIpc) is 3.27. The van der Waals surface area contributed by atoms with Crippen LogP contribution < -0.4 is 10.6 Å². The van der Waals surface area contributed by atoms with E-state index >= 15 is 0 Å². The lowest BCUT2D eigenvalue weighted by Gasteiger charge is -2.19. The van der Waals surface area contributed by atoms with Gasteiger partial charge in [0, 0.05) is 0 Å². The van der Waals surface area contributed by atoms with Crippen LogP contribution in [-0.2, 0) is 17.8 Å². The third-order valence-corrected chi connectivity index (χ3v) is 6.66. The minimum Gasteiger partial charge on any atom is -0.486 e. The van der Waals surface area contributed by atoms with Crippen molar-refractivity contribution in [3.63, 3.8) is 0 Å². The van der Waals surface area contributed by atoms with E-state index in [1.807, 2.05) is 30.3 Å². The van der Waals surface area contributed by atoms with Crippen LogP contribution in [0.4, 0.5) is 0 Å². The molecule has 4 rings (SSSR count). The first-order chi connectivity index (χ1) is 13.9. The van der Waals surface area contributed by atoms with E-state index in [2.05, 4.69) is 54.2 Å². The summed E-state index contributed by atoms with van der Waals surface area (Å²) in [4.78, 5) is 4.64. The Morgan fingerprint density at radius 3 is 2.55 bits per heavy atom. The first-order valence-corrected chi connectivity index (χ1v) is 11.1. The molecule has 0 radical (unpaired) electrons. The van der Waals surface area contributed by atoms with Crippen molar-refractivity contribution in [1.29, 1.82) is 0 Å². The van der Waals surface area contributed by atoms with Crippen molar-refractivity contribution in [2.75, 3.05) is 5.84 Å². The summed E-state index contributed by atoms with van der Waals surface area (Å²) in [5.41, 5.74) is 2.40. The van der Waals surface area contributed by atoms with Crippen LogP contribution in [0.5, 0.6) is 5.75 Å². The van der Waals surface area contributed by atoms with Crippen LogP contribution in [0.3, 0.4) is 0 Å². The smallest absolute Gasteiger partial charge is 0.210 e. The third kappa shape index (κ3) is 4.54. The number of nitrogen functional groups attached to an aromatic ring is 1. The van der Waals surface area contributed by atoms with Crippen molar-refractivity contribution < 1.29 is 4.74 Å². The number of thiazole rings is 1. The zero-order valence-corrected chi connectivity index (χ0v) is 18.3. The van der Waals surface area contributed by atoms with Crippen LogP contribution in [-0.4, -0.2) is 19.9 Å². The number of benzene rings is 2. The Morgan fingerprint density at radius 1 is 1.07 bits per heavy atom. The number of nitrogens with two attached hydrogens (primary N) is 1. The van der Waals surface area contributed by atoms with Gasteiger partial charge >= 0.3 is 0 Å². The molecule has 4 aromatic rings. The SMILES string of the molecule is CC(C)(C)c1ccc(OCc2nnc(SCc3nc4ccccc4s3)n2N)cc1. The fourth-order valence-electron chi connectivity index (χ4n) is 2.81. The van der Waals surface area contributed by atoms with Gasteiger partial charge in [-0.2, -0.15) is 0 Å². The molecular formula is C21H23N5OS2. The number of fused-ring (bicyclic) bond motifs is 1. The highest BCUT2D eigenvalue weighted by atomic mass is 32.2. The van der Waals surface area contributed by atoms with Gasteiger partial charge in [0.05, 0.1) is 16.0 Å². The molecule has 2 aromatic carbocycles. The Bertz CT molecular complexity index is 1080. The van der Waals surface area contributed by atoms with Crippen LogP contribution in [0, 0.1) is 0 Å². The number of nitrogens with zero attached hydrogens (tertiary/aromatic N) is 4. The number of para-hydroxylation sites is 1. The van der Waals surface area contributed by atoms with Crippen LogP contribution in [0.2, 0.25) is 0 Å². The first-order valence-electron chi connectivity index (χ1n) is 9.30. The molecule has 0 amide bonds. The maximum atomic E-state index is 6.16. The van der Waals surface area contributed by atoms with E-state index in [1.165, 1.54) is 26.7 Å². The molecule has 0 aliphatic heterocycles. The molecular weight excluding hydrogens is 402 g/mol. The molecule has 0 aliphatic rings. The zero-order valence-electron chi connectivity index (χ0n) is 16.6. The van der Waals surface area contributed by atoms with Crippen molar-refractivity contribution in [2.45, 2.75) is 43.7 Å². The fraction of sp³-hybridized carbons (Fsp3) is 0.286. The molecule has 8 heteroatoms. The van der Waals surface area contributed by atoms with Crippen LogP contribution in [0.1, 0.15) is 37.2 Å². The van der Waals surface area contributed by atoms with Crippen molar-refractivity contribution in [3.8, 4) is 5.75 Å². The summed E-state index contributed by atoms with van der Waals surface area (Å²) >= 11 is 3.20. The van der Waals surface area contributed by atoms with E-state index in [1.54, 1.807) is 11.3 Å². The van der Waals surface area contributed by atoms with Gasteiger partial charge in [-0.15, -0.1) is 21.5 Å². The molecule has 0 saturated heterocycles. The average molecular weight is 426 g/mol. The Morgan fingerprint density at radius 2 is 1.83 bits per heavy atom. The van der Waals surface area contributed by atoms with E-state index in [4.69, 9.17) is 10.6 Å². The lowest BCUT2D eigenvalue weighted by molar-refractivity contribution is 0.291. The molecule has 0 saturated carbocycles. The van der Waals surface area contributed by atoms with Crippen LogP contribution in [0.25, 0.3) is 10.2 Å². The molecule has 0 bridgehead atoms. The van der Waals surface area contributed by atoms with Gasteiger partial charge in [0.15, 0.2) is 5.82 Å². The summed E-state index contributed by atoms with van der Waals surface area (Å²) in [6.07, 6.45) is 0. The highest BCUT2D eigenvalue weighted by Gasteiger charge is 2.14. The monoisotopic (exact) mass is 425 g/mol. The van der Waals surface area contributed by atoms with E-state index in [9.17, 15) is 0 Å². The molecule has 0 atom stereocenters. The van der Waals surface area contributed by atoms with Gasteiger partial charge < -0.3 is 10.6 Å². The summed E-state index contributed by atoms with van der Waals surface area (Å²) < 4.78 is 8.51. The predicted molar refractivity (Wildman–Crippen MR) is 119 cm³/mol. The van der Waals surface area contributed by atoms with Crippen molar-refractivity contribution >= 4 is 33.3 Å². The Hall–Kier alpha value is -2.58. The minimum absolute atomic E-state index is 0.116. The Balaban J connectivity index is 1.36. The fourth-order valence-corrected chi connectivity index (χ4v) is 4.65. The molecule has 0 spiro atoms. The summed E-state index contributed by atoms with van der Waals surface area (Å²) in [5.74, 6) is 8.22. The quantitative estimate of drug-likeness (QED) is 0.354. The Kier molecular flexibility index (Phi) is 5.47. The zero-order chi connectivity index (χ0) is 20.4. The number of aromatic nitrogens is 4. The van der Waals surface area contributed by atoms with Crippen LogP contribution in [0.15, 0.2) is 53.7 Å². The number of hydrogen-bond acceptors (Lipinski definition) is 7. The predicted octanol–water partition coefficient (Wildman–Crippen LogP) is 4.77. The standard InChI is InChI=1S/C21H23N5OS2/c1-21(2,3)14-8-10-15(11-9-14)27-12-18-24-25-20(26(18)22)28-13-19-23-16-6-4-5-7-17(16)29-19/h4-11H,12-13,22H2,1-3H3. The largest absolute Gasteiger partial charge is 0.486 e. The maximum Gasteiger partial charge on any atom is 0.210 e. The van der Waals surface area contributed by atoms with Crippen molar-refractivity contribution in [2.24, 2.45) is 0 Å². The van der Waals surface area contributed by atoms with Gasteiger partial charge in [0.2, 0.25) is 5.16 Å². The molecule has 150 valence electrons. The summed E-state index contributed by atoms with van der Waals surface area (Å²) in [5, 5.41) is 10.0. The molecule has 0 fully saturated rings. The third-order valence-electron chi connectivity index (χ3n) is 4.49. The molecule has 0 aliphatic carbocycles. The van der Waals surface area contributed by atoms with Crippen LogP contribution >= 0.6 is 23.1 Å². The number of thioether (sulfide) groups is 1. The van der Waals surface area contributed by atoms with E-state index < -0.39 is 0 Å². The van der Waals surface area contributed by atoms with Gasteiger partial charge in [-0.25, -0.2) is 9.66 Å². The van der Waals surface area contributed by atoms with Gasteiger partial charge in [0.25, 0.3) is 0 Å². The minimum atomic E-state index is 0.116. The second-order valence-corrected chi connectivity index (χ2v) is 9.75. The normalized spacial score (nSPS) is 11.8. The van der Waals surface area contributed by atoms with Crippen molar-refractivity contribution in [3.05, 3.63) is 64.9 Å². The van der Waals surface area contributed by atoms with Gasteiger partial charge in [-0.05, 0) is 35.2 Å². The molecule has 29 heavy (non-hydrogen) atoms. The molecule has 2 N–H and O–H groups in total. The van der Waals surface area contributed by atoms with Gasteiger partial charge in [-0.3, -0.25) is 0 Å². The van der Waals surface area contributed by atoms with E-state index in [0.717, 1.165) is 16.3 Å². The molecule has 2 heterocycles. The highest BCUT2D eigenvalue weighted by molar-refractivity contribution is 7.98. The maximum absolute atomic E-state index is 6.16. The summed E-state index contributed by atoms with van der Waals surface area (Å²) in [6, 6.07) is 16.2. The number of hydrogen-bond donors (Lipinski definition) is 1. The van der Waals surface area contributed by atoms with E-state index in [0.29, 0.717) is 16.7 Å². The molecule has 0 unspecified atom stereocenters. The van der Waals surface area contributed by atoms with E-state index in [-0.39, 0.29) is 12.0 Å². The Labute approximate surface area is 178 Å². The lowest BCUT2D eigenvalue weighted by atomic mass is 9.87. The second kappa shape index (κ2) is 8.04. The first kappa shape index (κ1) is 19.7. The van der Waals surface area contributed by atoms with Gasteiger partial charge in [-0.1, -0.05) is 56.8 Å². The lowest BCUT2D eigenvalue weighted by Crippen LogP contribution is -2.16. The summed E-state index contributed by atoms with van der Waals surface area (Å²) in [6.45, 7) is 6.83. The molecule has 6 nitrogen and oxygen atoms in total. The number of ether oxygens (including phenoxy) is 1. The summed E-state index contributed by atoms with van der Waals surface area (Å²) in [7, 11) is 0. The van der Waals surface area contributed by atoms with Gasteiger partial charge in [0.1, 0.15) is 17.4 Å². The highest BCUT2D eigenvalue weighted by Crippen LogP contribution is 2.28.